The van der Waals surface area contributed by atoms with E-state index in [4.69, 9.17) is 5.26 Å². The van der Waals surface area contributed by atoms with E-state index in [-0.39, 0.29) is 0 Å². The molecule has 1 aromatic heterocycles. The summed E-state index contributed by atoms with van der Waals surface area (Å²) in [4.78, 5) is 0. The topological polar surface area (TPSA) is 40.8 Å². The van der Waals surface area contributed by atoms with Crippen LogP contribution in [0.1, 0.15) is 11.3 Å². The Balaban J connectivity index is 3.12. The van der Waals surface area contributed by atoms with Crippen LogP contribution in [0.4, 0.5) is 0 Å². The summed E-state index contributed by atoms with van der Waals surface area (Å²) >= 11 is 1.98. The molecular formula is C6H6IN3. The second-order valence-electron chi connectivity index (χ2n) is 1.97. The van der Waals surface area contributed by atoms with Gasteiger partial charge in [0, 0.05) is 6.20 Å². The van der Waals surface area contributed by atoms with Crippen molar-refractivity contribution in [3.05, 3.63) is 23.5 Å². The molecule has 0 aromatic carbocycles. The highest BCUT2D eigenvalue weighted by Gasteiger charge is 1.98. The Bertz CT molecular complexity index is 271. The summed E-state index contributed by atoms with van der Waals surface area (Å²) in [5, 5.41) is 8.55. The number of nitriles is 1. The van der Waals surface area contributed by atoms with E-state index in [0.29, 0.717) is 5.69 Å². The smallest absolute Gasteiger partial charge is 0.140 e. The van der Waals surface area contributed by atoms with Crippen LogP contribution in [0.15, 0.2) is 12.3 Å². The fraction of sp³-hybridized carbons (Fsp3) is 0.167. The quantitative estimate of drug-likeness (QED) is 0.604. The van der Waals surface area contributed by atoms with Gasteiger partial charge in [-0.3, -0.25) is 3.64 Å². The van der Waals surface area contributed by atoms with Gasteiger partial charge in [0.15, 0.2) is 0 Å². The fourth-order valence-electron chi connectivity index (χ4n) is 0.752. The highest BCUT2D eigenvalue weighted by Crippen LogP contribution is 2.04. The molecule has 0 spiro atoms. The lowest BCUT2D eigenvalue weighted by Gasteiger charge is -1.96. The molecule has 0 unspecified atom stereocenters. The van der Waals surface area contributed by atoms with Crippen LogP contribution in [0.25, 0.3) is 0 Å². The Hall–Kier alpha value is -0.700. The number of aryl methyl sites for hydroxylation is 1. The van der Waals surface area contributed by atoms with Crippen molar-refractivity contribution in [3.63, 3.8) is 0 Å². The fourth-order valence-corrected chi connectivity index (χ4v) is 1.15. The Kier molecular flexibility index (Phi) is 2.17. The molecule has 0 radical (unpaired) electrons. The molecule has 0 saturated carbocycles. The molecule has 0 aliphatic heterocycles. The normalized spacial score (nSPS) is 8.90. The number of hydrogen-bond donors (Lipinski definition) is 1. The van der Waals surface area contributed by atoms with Crippen molar-refractivity contribution in [2.75, 3.05) is 3.64 Å². The molecule has 1 aromatic rings. The van der Waals surface area contributed by atoms with Crippen molar-refractivity contribution in [2.24, 2.45) is 0 Å². The van der Waals surface area contributed by atoms with Crippen molar-refractivity contribution in [1.29, 1.82) is 5.26 Å². The Morgan fingerprint density at radius 1 is 1.80 bits per heavy atom. The lowest BCUT2D eigenvalue weighted by atomic mass is 10.3. The van der Waals surface area contributed by atoms with E-state index in [1.165, 1.54) is 0 Å². The molecule has 0 fully saturated rings. The van der Waals surface area contributed by atoms with Crippen LogP contribution in [-0.4, -0.2) is 4.68 Å². The molecule has 3 nitrogen and oxygen atoms in total. The predicted molar refractivity (Wildman–Crippen MR) is 47.3 cm³/mol. The average molecular weight is 247 g/mol. The maximum Gasteiger partial charge on any atom is 0.140 e. The first kappa shape index (κ1) is 7.41. The molecule has 1 N–H and O–H groups in total. The molecule has 0 bridgehead atoms. The highest BCUT2D eigenvalue weighted by molar-refractivity contribution is 14.1. The van der Waals surface area contributed by atoms with Gasteiger partial charge >= 0.3 is 0 Å². The van der Waals surface area contributed by atoms with E-state index in [1.807, 2.05) is 42.1 Å². The van der Waals surface area contributed by atoms with Gasteiger partial charge in [0.25, 0.3) is 0 Å². The summed E-state index contributed by atoms with van der Waals surface area (Å²) in [5.41, 5.74) is 1.72. The van der Waals surface area contributed by atoms with Crippen LogP contribution in [0.5, 0.6) is 0 Å². The lowest BCUT2D eigenvalue weighted by molar-refractivity contribution is 1.01. The largest absolute Gasteiger partial charge is 0.265 e. The zero-order chi connectivity index (χ0) is 7.56. The highest BCUT2D eigenvalue weighted by atomic mass is 127. The van der Waals surface area contributed by atoms with Crippen molar-refractivity contribution >= 4 is 22.9 Å². The van der Waals surface area contributed by atoms with Crippen molar-refractivity contribution in [1.82, 2.24) is 4.68 Å². The van der Waals surface area contributed by atoms with Crippen LogP contribution in [0.2, 0.25) is 0 Å². The zero-order valence-electron chi connectivity index (χ0n) is 5.43. The Labute approximate surface area is 73.1 Å². The van der Waals surface area contributed by atoms with Crippen LogP contribution < -0.4 is 3.64 Å². The van der Waals surface area contributed by atoms with Gasteiger partial charge in [-0.25, -0.2) is 4.68 Å². The van der Waals surface area contributed by atoms with Gasteiger partial charge in [0.1, 0.15) is 11.8 Å². The number of aromatic nitrogens is 1. The third-order valence-electron chi connectivity index (χ3n) is 1.16. The van der Waals surface area contributed by atoms with Gasteiger partial charge in [-0.15, -0.1) is 0 Å². The van der Waals surface area contributed by atoms with Gasteiger partial charge < -0.3 is 0 Å². The van der Waals surface area contributed by atoms with Gasteiger partial charge in [-0.05, 0) is 18.6 Å². The molecule has 0 saturated heterocycles. The van der Waals surface area contributed by atoms with Gasteiger partial charge in [-0.1, -0.05) is 0 Å². The predicted octanol–water partition coefficient (Wildman–Crippen LogP) is 1.56. The molecule has 1 rings (SSSR count). The lowest BCUT2D eigenvalue weighted by Crippen LogP contribution is -2.02. The number of nitrogens with zero attached hydrogens (tertiary/aromatic N) is 2. The summed E-state index contributed by atoms with van der Waals surface area (Å²) in [5.74, 6) is 0. The first-order chi connectivity index (χ1) is 4.77. The average Bonchev–Trinajstić information content (AvgIpc) is 2.30. The minimum atomic E-state index is 0.631. The van der Waals surface area contributed by atoms with Crippen LogP contribution in [-0.2, 0) is 0 Å². The maximum absolute atomic E-state index is 8.55. The summed E-state index contributed by atoms with van der Waals surface area (Å²) in [6.45, 7) is 1.95. The summed E-state index contributed by atoms with van der Waals surface area (Å²) in [6.07, 6.45) is 1.87. The minimum absolute atomic E-state index is 0.631. The Morgan fingerprint density at radius 2 is 2.50 bits per heavy atom. The van der Waals surface area contributed by atoms with Crippen LogP contribution >= 0.6 is 22.9 Å². The first-order valence-corrected chi connectivity index (χ1v) is 3.81. The molecule has 0 aliphatic carbocycles. The van der Waals surface area contributed by atoms with Crippen molar-refractivity contribution < 1.29 is 0 Å². The maximum atomic E-state index is 8.55. The molecule has 4 heteroatoms. The number of halogens is 1. The second-order valence-corrected chi connectivity index (χ2v) is 2.45. The second kappa shape index (κ2) is 2.92. The molecule has 10 heavy (non-hydrogen) atoms. The van der Waals surface area contributed by atoms with Crippen molar-refractivity contribution in [3.8, 4) is 6.07 Å². The summed E-state index contributed by atoms with van der Waals surface area (Å²) < 4.78 is 4.51. The third kappa shape index (κ3) is 1.24. The number of nitrogens with one attached hydrogen (secondary N) is 1. The summed E-state index contributed by atoms with van der Waals surface area (Å²) in [7, 11) is 0. The van der Waals surface area contributed by atoms with Crippen LogP contribution in [0, 0.1) is 18.3 Å². The molecule has 0 amide bonds. The van der Waals surface area contributed by atoms with E-state index < -0.39 is 0 Å². The van der Waals surface area contributed by atoms with E-state index in [0.717, 1.165) is 5.56 Å². The summed E-state index contributed by atoms with van der Waals surface area (Å²) in [6, 6.07) is 3.89. The first-order valence-electron chi connectivity index (χ1n) is 2.73. The standard InChI is InChI=1S/C6H6IN3/c1-5-2-6(3-8)10(4-5)9-7/h2,4,9H,1H3. The molecular weight excluding hydrogens is 241 g/mol. The van der Waals surface area contributed by atoms with E-state index in [2.05, 4.69) is 9.71 Å². The monoisotopic (exact) mass is 247 g/mol. The zero-order valence-corrected chi connectivity index (χ0v) is 7.58. The molecule has 0 atom stereocenters. The van der Waals surface area contributed by atoms with E-state index in [9.17, 15) is 0 Å². The molecule has 0 aliphatic rings. The van der Waals surface area contributed by atoms with Crippen LogP contribution in [0.3, 0.4) is 0 Å². The van der Waals surface area contributed by atoms with E-state index in [1.54, 1.807) is 4.68 Å². The SMILES string of the molecule is Cc1cc(C#N)n(NI)c1. The third-order valence-corrected chi connectivity index (χ3v) is 1.68. The van der Waals surface area contributed by atoms with Gasteiger partial charge in [0.05, 0.1) is 22.9 Å². The number of rotatable bonds is 1. The van der Waals surface area contributed by atoms with Gasteiger partial charge in [0.2, 0.25) is 0 Å². The molecule has 1 heterocycles. The molecule has 52 valence electrons. The number of hydrogen-bond acceptors (Lipinski definition) is 2. The van der Waals surface area contributed by atoms with Crippen molar-refractivity contribution in [2.45, 2.75) is 6.92 Å². The van der Waals surface area contributed by atoms with E-state index >= 15 is 0 Å². The minimum Gasteiger partial charge on any atom is -0.265 e. The Morgan fingerprint density at radius 3 is 2.90 bits per heavy atom. The van der Waals surface area contributed by atoms with Gasteiger partial charge in [-0.2, -0.15) is 5.26 Å².